The Bertz CT molecular complexity index is 587. The number of para-hydroxylation sites is 1. The fourth-order valence-electron chi connectivity index (χ4n) is 3.11. The molecule has 1 saturated heterocycles. The summed E-state index contributed by atoms with van der Waals surface area (Å²) in [5.74, 6) is -0.658. The van der Waals surface area contributed by atoms with Gasteiger partial charge in [0.05, 0.1) is 16.7 Å². The number of aryl methyl sites for hydroxylation is 1. The van der Waals surface area contributed by atoms with E-state index in [4.69, 9.17) is 0 Å². The summed E-state index contributed by atoms with van der Waals surface area (Å²) in [6.45, 7) is 7.17. The van der Waals surface area contributed by atoms with Crippen LogP contribution in [0.2, 0.25) is 0 Å². The Hall–Kier alpha value is -2.02. The smallest absolute Gasteiger partial charge is 0.309 e. The minimum Gasteiger partial charge on any atom is -0.481 e. The van der Waals surface area contributed by atoms with Crippen molar-refractivity contribution in [3.8, 4) is 6.07 Å². The number of piperidine rings is 1. The molecule has 2 rings (SSSR count). The molecule has 1 N–H and O–H groups in total. The quantitative estimate of drug-likeness (QED) is 0.926. The third-order valence-corrected chi connectivity index (χ3v) is 4.67. The molecule has 4 nitrogen and oxygen atoms in total. The van der Waals surface area contributed by atoms with Crippen LogP contribution in [0.25, 0.3) is 0 Å². The van der Waals surface area contributed by atoms with Crippen molar-refractivity contribution >= 4 is 11.7 Å². The lowest BCUT2D eigenvalue weighted by Gasteiger charge is -2.41. The van der Waals surface area contributed by atoms with Gasteiger partial charge in [-0.3, -0.25) is 4.79 Å². The van der Waals surface area contributed by atoms with Crippen molar-refractivity contribution in [2.75, 3.05) is 18.0 Å². The molecular weight excluding hydrogens is 264 g/mol. The van der Waals surface area contributed by atoms with Gasteiger partial charge in [-0.05, 0) is 51.2 Å². The largest absolute Gasteiger partial charge is 0.481 e. The summed E-state index contributed by atoms with van der Waals surface area (Å²) in [6, 6.07) is 7.97. The zero-order valence-electron chi connectivity index (χ0n) is 12.9. The van der Waals surface area contributed by atoms with Crippen molar-refractivity contribution in [2.45, 2.75) is 33.6 Å². The van der Waals surface area contributed by atoms with Crippen LogP contribution < -0.4 is 4.90 Å². The molecule has 1 aromatic rings. The molecule has 1 heterocycles. The molecule has 1 aliphatic heterocycles. The summed E-state index contributed by atoms with van der Waals surface area (Å²) in [5, 5.41) is 18.8. The summed E-state index contributed by atoms with van der Waals surface area (Å²) in [6.07, 6.45) is 1.88. The maximum atomic E-state index is 11.5. The van der Waals surface area contributed by atoms with E-state index in [1.165, 1.54) is 0 Å². The van der Waals surface area contributed by atoms with Gasteiger partial charge >= 0.3 is 5.97 Å². The normalized spacial score (nSPS) is 19.1. The Labute approximate surface area is 126 Å². The molecule has 0 saturated carbocycles. The molecule has 1 aromatic carbocycles. The van der Waals surface area contributed by atoms with E-state index < -0.39 is 11.4 Å². The van der Waals surface area contributed by atoms with E-state index in [0.29, 0.717) is 12.1 Å². The number of carbonyl (C=O) groups is 1. The molecule has 0 aromatic heterocycles. The second kappa shape index (κ2) is 5.77. The number of aliphatic carboxylic acids is 1. The lowest BCUT2D eigenvalue weighted by Crippen LogP contribution is -2.45. The van der Waals surface area contributed by atoms with Crippen molar-refractivity contribution in [1.29, 1.82) is 5.26 Å². The fraction of sp³-hybridized carbons (Fsp3) is 0.529. The van der Waals surface area contributed by atoms with Gasteiger partial charge in [-0.25, -0.2) is 0 Å². The third-order valence-electron chi connectivity index (χ3n) is 4.67. The molecular formula is C17H22N2O2. The molecule has 1 atom stereocenters. The topological polar surface area (TPSA) is 64.3 Å². The molecule has 112 valence electrons. The number of carboxylic acid groups (broad SMARTS) is 1. The average Bonchev–Trinajstić information content (AvgIpc) is 2.46. The van der Waals surface area contributed by atoms with Crippen molar-refractivity contribution in [3.05, 3.63) is 29.3 Å². The van der Waals surface area contributed by atoms with Gasteiger partial charge in [-0.1, -0.05) is 12.1 Å². The monoisotopic (exact) mass is 286 g/mol. The van der Waals surface area contributed by atoms with Crippen LogP contribution in [0.4, 0.5) is 5.69 Å². The first-order valence-electron chi connectivity index (χ1n) is 7.36. The first-order valence-corrected chi connectivity index (χ1v) is 7.36. The van der Waals surface area contributed by atoms with Gasteiger partial charge in [0.15, 0.2) is 0 Å². The SMILES string of the molecule is Cc1cccc(C#N)c1N1CCCC(C(C)(C)C(=O)O)C1. The molecule has 0 amide bonds. The summed E-state index contributed by atoms with van der Waals surface area (Å²) < 4.78 is 0. The molecule has 4 heteroatoms. The molecule has 0 spiro atoms. The van der Waals surface area contributed by atoms with Crippen molar-refractivity contribution < 1.29 is 9.90 Å². The standard InChI is InChI=1S/C17H22N2O2/c1-12-6-4-7-13(10-18)15(12)19-9-5-8-14(11-19)17(2,3)16(20)21/h4,6-7,14H,5,8-9,11H2,1-3H3,(H,20,21). The van der Waals surface area contributed by atoms with E-state index in [9.17, 15) is 15.2 Å². The van der Waals surface area contributed by atoms with Crippen LogP contribution in [0, 0.1) is 29.6 Å². The van der Waals surface area contributed by atoms with Crippen LogP contribution in [-0.2, 0) is 4.79 Å². The number of hydrogen-bond acceptors (Lipinski definition) is 3. The maximum absolute atomic E-state index is 11.5. The van der Waals surface area contributed by atoms with Crippen molar-refractivity contribution in [2.24, 2.45) is 11.3 Å². The summed E-state index contributed by atoms with van der Waals surface area (Å²) in [7, 11) is 0. The molecule has 1 fully saturated rings. The predicted octanol–water partition coefficient (Wildman–Crippen LogP) is 3.19. The van der Waals surface area contributed by atoms with Crippen LogP contribution in [-0.4, -0.2) is 24.2 Å². The van der Waals surface area contributed by atoms with Crippen LogP contribution in [0.5, 0.6) is 0 Å². The van der Waals surface area contributed by atoms with Crippen molar-refractivity contribution in [3.63, 3.8) is 0 Å². The highest BCUT2D eigenvalue weighted by Crippen LogP contribution is 2.37. The molecule has 0 aliphatic carbocycles. The molecule has 1 aliphatic rings. The molecule has 0 radical (unpaired) electrons. The maximum Gasteiger partial charge on any atom is 0.309 e. The molecule has 0 bridgehead atoms. The van der Waals surface area contributed by atoms with Gasteiger partial charge in [-0.15, -0.1) is 0 Å². The number of benzene rings is 1. The van der Waals surface area contributed by atoms with E-state index in [-0.39, 0.29) is 5.92 Å². The van der Waals surface area contributed by atoms with Crippen LogP contribution in [0.3, 0.4) is 0 Å². The first-order chi connectivity index (χ1) is 9.87. The highest BCUT2D eigenvalue weighted by Gasteiger charge is 2.39. The van der Waals surface area contributed by atoms with E-state index >= 15 is 0 Å². The predicted molar refractivity (Wildman–Crippen MR) is 82.2 cm³/mol. The number of rotatable bonds is 3. The first kappa shape index (κ1) is 15.4. The number of nitrogens with zero attached hydrogens (tertiary/aromatic N) is 2. The Morgan fingerprint density at radius 2 is 2.19 bits per heavy atom. The Morgan fingerprint density at radius 3 is 2.81 bits per heavy atom. The van der Waals surface area contributed by atoms with E-state index in [2.05, 4.69) is 11.0 Å². The fourth-order valence-corrected chi connectivity index (χ4v) is 3.11. The van der Waals surface area contributed by atoms with Gasteiger partial charge in [0.1, 0.15) is 6.07 Å². The number of anilines is 1. The van der Waals surface area contributed by atoms with Gasteiger partial charge in [0.25, 0.3) is 0 Å². The second-order valence-corrected chi connectivity index (χ2v) is 6.39. The number of carboxylic acids is 1. The average molecular weight is 286 g/mol. The van der Waals surface area contributed by atoms with Gasteiger partial charge in [0, 0.05) is 13.1 Å². The zero-order chi connectivity index (χ0) is 15.6. The van der Waals surface area contributed by atoms with E-state index in [1.807, 2.05) is 25.1 Å². The highest BCUT2D eigenvalue weighted by molar-refractivity contribution is 5.74. The minimum absolute atomic E-state index is 0.0925. The highest BCUT2D eigenvalue weighted by atomic mass is 16.4. The van der Waals surface area contributed by atoms with Crippen LogP contribution in [0.1, 0.15) is 37.8 Å². The van der Waals surface area contributed by atoms with Gasteiger partial charge < -0.3 is 10.0 Å². The Kier molecular flexibility index (Phi) is 4.22. The summed E-state index contributed by atoms with van der Waals surface area (Å²) in [4.78, 5) is 13.7. The zero-order valence-corrected chi connectivity index (χ0v) is 12.9. The minimum atomic E-state index is -0.750. The molecule has 1 unspecified atom stereocenters. The van der Waals surface area contributed by atoms with Gasteiger partial charge in [0.2, 0.25) is 0 Å². The van der Waals surface area contributed by atoms with Crippen LogP contribution >= 0.6 is 0 Å². The van der Waals surface area contributed by atoms with Crippen molar-refractivity contribution in [1.82, 2.24) is 0 Å². The lowest BCUT2D eigenvalue weighted by atomic mass is 9.74. The summed E-state index contributed by atoms with van der Waals surface area (Å²) in [5.41, 5.74) is 1.96. The lowest BCUT2D eigenvalue weighted by molar-refractivity contribution is -0.150. The Morgan fingerprint density at radius 1 is 1.48 bits per heavy atom. The Balaban J connectivity index is 2.31. The number of nitriles is 1. The second-order valence-electron chi connectivity index (χ2n) is 6.39. The molecule has 21 heavy (non-hydrogen) atoms. The van der Waals surface area contributed by atoms with Gasteiger partial charge in [-0.2, -0.15) is 5.26 Å². The van der Waals surface area contributed by atoms with E-state index in [1.54, 1.807) is 13.8 Å². The third kappa shape index (κ3) is 2.87. The van der Waals surface area contributed by atoms with E-state index in [0.717, 1.165) is 30.6 Å². The number of hydrogen-bond donors (Lipinski definition) is 1. The summed E-state index contributed by atoms with van der Waals surface area (Å²) >= 11 is 0. The van der Waals surface area contributed by atoms with Crippen LogP contribution in [0.15, 0.2) is 18.2 Å².